The number of aliphatic hydroxyl groups is 1. The number of aliphatic hydroxyl groups excluding tert-OH is 1. The molecule has 0 saturated heterocycles. The molecule has 3 N–H and O–H groups in total. The van der Waals surface area contributed by atoms with Gasteiger partial charge in [0, 0.05) is 12.1 Å². The number of carbonyl (C=O) groups is 1. The monoisotopic (exact) mass is 513 g/mol. The van der Waals surface area contributed by atoms with Crippen molar-refractivity contribution >= 4 is 17.6 Å². The van der Waals surface area contributed by atoms with Crippen LogP contribution in [0.3, 0.4) is 0 Å². The average Bonchev–Trinajstić information content (AvgIpc) is 2.83. The highest BCUT2D eigenvalue weighted by Crippen LogP contribution is 2.31. The van der Waals surface area contributed by atoms with E-state index in [1.807, 2.05) is 51.1 Å². The van der Waals surface area contributed by atoms with Crippen LogP contribution >= 0.6 is 11.6 Å². The predicted molar refractivity (Wildman–Crippen MR) is 141 cm³/mol. The number of β-amino-alcohol motifs (C(OH)–C–C–N with tert-alkyl or cyclic N) is 1. The van der Waals surface area contributed by atoms with Crippen LogP contribution in [0.1, 0.15) is 53.9 Å². The molecule has 3 aromatic carbocycles. The molecule has 0 fully saturated rings. The third-order valence-corrected chi connectivity index (χ3v) is 6.44. The minimum Gasteiger partial charge on any atom is -0.478 e. The van der Waals surface area contributed by atoms with Gasteiger partial charge in [-0.3, -0.25) is 0 Å². The van der Waals surface area contributed by atoms with E-state index in [1.54, 1.807) is 31.2 Å². The molecule has 0 unspecified atom stereocenters. The summed E-state index contributed by atoms with van der Waals surface area (Å²) in [6, 6.07) is 17.8. The molecule has 192 valence electrons. The Hall–Kier alpha value is -2.77. The molecule has 0 amide bonds. The Bertz CT molecular complexity index is 1210. The van der Waals surface area contributed by atoms with Crippen LogP contribution in [0.4, 0.5) is 4.39 Å². The van der Waals surface area contributed by atoms with Gasteiger partial charge in [0.1, 0.15) is 5.82 Å². The van der Waals surface area contributed by atoms with E-state index in [-0.39, 0.29) is 28.8 Å². The second kappa shape index (κ2) is 12.0. The fraction of sp³-hybridized carbons (Fsp3) is 0.345. The lowest BCUT2D eigenvalue weighted by Crippen LogP contribution is -2.46. The molecule has 36 heavy (non-hydrogen) atoms. The lowest BCUT2D eigenvalue weighted by atomic mass is 9.94. The molecule has 0 saturated carbocycles. The van der Waals surface area contributed by atoms with Crippen molar-refractivity contribution in [2.24, 2.45) is 0 Å². The first-order valence-corrected chi connectivity index (χ1v) is 12.3. The summed E-state index contributed by atoms with van der Waals surface area (Å²) in [5, 5.41) is 23.3. The van der Waals surface area contributed by atoms with E-state index in [2.05, 4.69) is 5.32 Å². The molecule has 0 spiro atoms. The molecule has 0 aromatic heterocycles. The lowest BCUT2D eigenvalue weighted by Gasteiger charge is -2.28. The average molecular weight is 514 g/mol. The van der Waals surface area contributed by atoms with E-state index in [1.165, 1.54) is 6.07 Å². The Kier molecular flexibility index (Phi) is 9.25. The molecule has 0 bridgehead atoms. The van der Waals surface area contributed by atoms with Crippen LogP contribution in [-0.4, -0.2) is 41.0 Å². The fourth-order valence-corrected chi connectivity index (χ4v) is 4.41. The minimum atomic E-state index is -0.948. The van der Waals surface area contributed by atoms with E-state index in [0.717, 1.165) is 22.3 Å². The molecule has 3 rings (SSSR count). The van der Waals surface area contributed by atoms with E-state index < -0.39 is 17.9 Å². The maximum Gasteiger partial charge on any atom is 0.335 e. The summed E-state index contributed by atoms with van der Waals surface area (Å²) in [6.07, 6.45) is -0.401. The largest absolute Gasteiger partial charge is 0.478 e. The normalized spacial score (nSPS) is 13.4. The zero-order valence-corrected chi connectivity index (χ0v) is 21.8. The van der Waals surface area contributed by atoms with Crippen molar-refractivity contribution in [3.63, 3.8) is 0 Å². The fourth-order valence-electron chi connectivity index (χ4n) is 4.21. The second-order valence-corrected chi connectivity index (χ2v) is 10.1. The van der Waals surface area contributed by atoms with Crippen molar-refractivity contribution < 1.29 is 24.1 Å². The molecular formula is C29H33ClFNO4. The van der Waals surface area contributed by atoms with Crippen molar-refractivity contribution in [1.82, 2.24) is 5.32 Å². The molecule has 0 aliphatic rings. The molecule has 3 aromatic rings. The third kappa shape index (κ3) is 7.37. The number of aryl methyl sites for hydroxylation is 1. The van der Waals surface area contributed by atoms with E-state index >= 15 is 0 Å². The van der Waals surface area contributed by atoms with Gasteiger partial charge >= 0.3 is 5.97 Å². The Labute approximate surface area is 216 Å². The first kappa shape index (κ1) is 27.8. The molecule has 7 heteroatoms. The standard InChI is InChI=1S/C29H33ClFNO4/c1-18-13-21(10-11-23(18)28(34)35)25-8-6-5-7-24(25)19(2)36-17-22(33)16-32-29(3,4)15-20-9-12-27(31)26(30)14-20/h5-14,19,22,32-33H,15-17H2,1-4H3,(H,34,35)/t19-,22-/m1/s1. The highest BCUT2D eigenvalue weighted by atomic mass is 35.5. The number of hydrogen-bond acceptors (Lipinski definition) is 4. The summed E-state index contributed by atoms with van der Waals surface area (Å²) in [5.41, 5.74) is 4.35. The van der Waals surface area contributed by atoms with Crippen LogP contribution in [0.25, 0.3) is 11.1 Å². The quantitative estimate of drug-likeness (QED) is 0.284. The molecule has 0 aliphatic carbocycles. The summed E-state index contributed by atoms with van der Waals surface area (Å²) in [6.45, 7) is 8.19. The molecule has 0 heterocycles. The first-order chi connectivity index (χ1) is 17.0. The maximum atomic E-state index is 13.4. The highest BCUT2D eigenvalue weighted by molar-refractivity contribution is 6.30. The number of aromatic carboxylic acids is 1. The van der Waals surface area contributed by atoms with Gasteiger partial charge in [-0.25, -0.2) is 9.18 Å². The van der Waals surface area contributed by atoms with E-state index in [9.17, 15) is 19.4 Å². The van der Waals surface area contributed by atoms with E-state index in [4.69, 9.17) is 16.3 Å². The number of halogens is 2. The van der Waals surface area contributed by atoms with Crippen LogP contribution in [-0.2, 0) is 11.2 Å². The Morgan fingerprint density at radius 3 is 2.53 bits per heavy atom. The number of hydrogen-bond donors (Lipinski definition) is 3. The summed E-state index contributed by atoms with van der Waals surface area (Å²) in [7, 11) is 0. The van der Waals surface area contributed by atoms with Gasteiger partial charge in [-0.15, -0.1) is 0 Å². The van der Waals surface area contributed by atoms with Crippen molar-refractivity contribution in [3.8, 4) is 11.1 Å². The van der Waals surface area contributed by atoms with Crippen molar-refractivity contribution in [3.05, 3.63) is 93.8 Å². The van der Waals surface area contributed by atoms with Crippen LogP contribution < -0.4 is 5.32 Å². The number of rotatable bonds is 11. The van der Waals surface area contributed by atoms with Gasteiger partial charge in [0.05, 0.1) is 29.4 Å². The number of ether oxygens (including phenoxy) is 1. The van der Waals surface area contributed by atoms with Gasteiger partial charge in [-0.05, 0) is 80.1 Å². The molecule has 0 aliphatic heterocycles. The van der Waals surface area contributed by atoms with Crippen LogP contribution in [0.2, 0.25) is 5.02 Å². The van der Waals surface area contributed by atoms with Gasteiger partial charge < -0.3 is 20.3 Å². The van der Waals surface area contributed by atoms with Gasteiger partial charge in [0.2, 0.25) is 0 Å². The molecule has 0 radical (unpaired) electrons. The first-order valence-electron chi connectivity index (χ1n) is 11.9. The van der Waals surface area contributed by atoms with Gasteiger partial charge in [-0.2, -0.15) is 0 Å². The number of nitrogens with one attached hydrogen (secondary N) is 1. The number of carboxylic acid groups (broad SMARTS) is 1. The molecular weight excluding hydrogens is 481 g/mol. The summed E-state index contributed by atoms with van der Waals surface area (Å²) >= 11 is 5.89. The van der Waals surface area contributed by atoms with Gasteiger partial charge in [-0.1, -0.05) is 54.1 Å². The van der Waals surface area contributed by atoms with Crippen molar-refractivity contribution in [1.29, 1.82) is 0 Å². The Morgan fingerprint density at radius 2 is 1.86 bits per heavy atom. The minimum absolute atomic E-state index is 0.0963. The Morgan fingerprint density at radius 1 is 1.14 bits per heavy atom. The zero-order valence-electron chi connectivity index (χ0n) is 21.0. The maximum absolute atomic E-state index is 13.4. The predicted octanol–water partition coefficient (Wildman–Crippen LogP) is 6.20. The number of carboxylic acids is 1. The summed E-state index contributed by atoms with van der Waals surface area (Å²) < 4.78 is 19.4. The summed E-state index contributed by atoms with van der Waals surface area (Å²) in [4.78, 5) is 11.4. The van der Waals surface area contributed by atoms with Gasteiger partial charge in [0.25, 0.3) is 0 Å². The van der Waals surface area contributed by atoms with Crippen LogP contribution in [0.5, 0.6) is 0 Å². The smallest absolute Gasteiger partial charge is 0.335 e. The number of benzene rings is 3. The lowest BCUT2D eigenvalue weighted by molar-refractivity contribution is -0.00397. The van der Waals surface area contributed by atoms with Gasteiger partial charge in [0.15, 0.2) is 0 Å². The summed E-state index contributed by atoms with van der Waals surface area (Å²) in [5.74, 6) is -1.39. The van der Waals surface area contributed by atoms with Crippen molar-refractivity contribution in [2.75, 3.05) is 13.2 Å². The van der Waals surface area contributed by atoms with Crippen molar-refractivity contribution in [2.45, 2.75) is 51.9 Å². The van der Waals surface area contributed by atoms with E-state index in [0.29, 0.717) is 18.5 Å². The Balaban J connectivity index is 1.59. The second-order valence-electron chi connectivity index (χ2n) is 9.74. The van der Waals surface area contributed by atoms with Crippen LogP contribution in [0, 0.1) is 12.7 Å². The SMILES string of the molecule is Cc1cc(-c2ccccc2[C@@H](C)OC[C@H](O)CNC(C)(C)Cc2ccc(F)c(Cl)c2)ccc1C(=O)O. The molecule has 2 atom stereocenters. The molecule has 5 nitrogen and oxygen atoms in total. The zero-order chi connectivity index (χ0) is 26.5. The topological polar surface area (TPSA) is 78.8 Å². The van der Waals surface area contributed by atoms with Crippen LogP contribution in [0.15, 0.2) is 60.7 Å². The third-order valence-electron chi connectivity index (χ3n) is 6.15. The highest BCUT2D eigenvalue weighted by Gasteiger charge is 2.21.